The fraction of sp³-hybridized carbons (Fsp3) is 0.583. The average Bonchev–Trinajstić information content (AvgIpc) is 2.64. The van der Waals surface area contributed by atoms with Crippen molar-refractivity contribution in [3.05, 3.63) is 23.1 Å². The number of likely N-dealkylation sites (tertiary alicyclic amines) is 1. The maximum absolute atomic E-state index is 12.3. The molecule has 1 aliphatic rings. The van der Waals surface area contributed by atoms with Crippen LogP contribution in [0.25, 0.3) is 0 Å². The number of halogens is 1. The van der Waals surface area contributed by atoms with Crippen LogP contribution in [-0.2, 0) is 0 Å². The molecule has 0 unspecified atom stereocenters. The minimum Gasteiger partial charge on any atom is -0.452 e. The van der Waals surface area contributed by atoms with Crippen LogP contribution >= 0.6 is 11.6 Å². The van der Waals surface area contributed by atoms with Gasteiger partial charge in [-0.15, -0.1) is 0 Å². The van der Waals surface area contributed by atoms with Crippen LogP contribution in [0, 0.1) is 0 Å². The van der Waals surface area contributed by atoms with Crippen LogP contribution in [0.1, 0.15) is 43.5 Å². The van der Waals surface area contributed by atoms with Gasteiger partial charge < -0.3 is 9.32 Å². The largest absolute Gasteiger partial charge is 0.452 e. The van der Waals surface area contributed by atoms with E-state index in [-0.39, 0.29) is 23.2 Å². The predicted molar refractivity (Wildman–Crippen MR) is 62.7 cm³/mol. The summed E-state index contributed by atoms with van der Waals surface area (Å²) in [6.07, 6.45) is 4.76. The first-order valence-corrected chi connectivity index (χ1v) is 6.04. The summed E-state index contributed by atoms with van der Waals surface area (Å²) in [6, 6.07) is 2.20. The molecule has 0 bridgehead atoms. The Balaban J connectivity index is 2.23. The van der Waals surface area contributed by atoms with Gasteiger partial charge in [0, 0.05) is 12.1 Å². The average molecular weight is 242 g/mol. The molecule has 0 saturated carbocycles. The number of hydrogen-bond donors (Lipinski definition) is 0. The van der Waals surface area contributed by atoms with Crippen molar-refractivity contribution in [1.82, 2.24) is 4.90 Å². The van der Waals surface area contributed by atoms with E-state index in [1.54, 1.807) is 6.07 Å². The Bertz CT molecular complexity index is 378. The summed E-state index contributed by atoms with van der Waals surface area (Å²) in [4.78, 5) is 14.2. The van der Waals surface area contributed by atoms with E-state index in [1.807, 2.05) is 4.90 Å². The lowest BCUT2D eigenvalue weighted by Crippen LogP contribution is -2.47. The van der Waals surface area contributed by atoms with Crippen LogP contribution in [0.15, 0.2) is 16.7 Å². The Morgan fingerprint density at radius 2 is 2.06 bits per heavy atom. The lowest BCUT2D eigenvalue weighted by atomic mass is 9.97. The van der Waals surface area contributed by atoms with E-state index in [0.29, 0.717) is 5.56 Å². The Labute approximate surface area is 100 Å². The Kier molecular flexibility index (Phi) is 3.24. The molecule has 4 heteroatoms. The number of rotatable bonds is 1. The highest BCUT2D eigenvalue weighted by molar-refractivity contribution is 6.32. The molecule has 0 aliphatic carbocycles. The Morgan fingerprint density at radius 3 is 2.56 bits per heavy atom. The van der Waals surface area contributed by atoms with Gasteiger partial charge >= 0.3 is 0 Å². The fourth-order valence-corrected chi connectivity index (χ4v) is 2.60. The molecule has 2 atom stereocenters. The summed E-state index contributed by atoms with van der Waals surface area (Å²) in [5.41, 5.74) is 0.474. The zero-order valence-electron chi connectivity index (χ0n) is 9.57. The number of carbonyl (C=O) groups is 1. The van der Waals surface area contributed by atoms with E-state index in [1.165, 1.54) is 12.7 Å². The first kappa shape index (κ1) is 11.5. The zero-order chi connectivity index (χ0) is 11.7. The van der Waals surface area contributed by atoms with Gasteiger partial charge in [-0.25, -0.2) is 0 Å². The molecule has 2 rings (SSSR count). The summed E-state index contributed by atoms with van der Waals surface area (Å²) in [7, 11) is 0. The lowest BCUT2D eigenvalue weighted by molar-refractivity contribution is 0.0510. The zero-order valence-corrected chi connectivity index (χ0v) is 10.3. The second kappa shape index (κ2) is 4.50. The summed E-state index contributed by atoms with van der Waals surface area (Å²) in [5.74, 6) is -0.0153. The second-order valence-corrected chi connectivity index (χ2v) is 4.79. The molecule has 1 aromatic heterocycles. The van der Waals surface area contributed by atoms with Gasteiger partial charge in [-0.05, 0) is 50.8 Å². The summed E-state index contributed by atoms with van der Waals surface area (Å²) >= 11 is 5.84. The molecule has 88 valence electrons. The minimum atomic E-state index is -0.0153. The predicted octanol–water partition coefficient (Wildman–Crippen LogP) is 3.34. The van der Waals surface area contributed by atoms with E-state index in [4.69, 9.17) is 16.0 Å². The normalized spacial score (nSPS) is 25.8. The van der Waals surface area contributed by atoms with E-state index < -0.39 is 0 Å². The molecule has 1 aromatic rings. The molecule has 3 nitrogen and oxygen atoms in total. The maximum atomic E-state index is 12.3. The van der Waals surface area contributed by atoms with Gasteiger partial charge in [0.2, 0.25) is 5.22 Å². The minimum absolute atomic E-state index is 0.0153. The van der Waals surface area contributed by atoms with Crippen LogP contribution in [0.5, 0.6) is 0 Å². The van der Waals surface area contributed by atoms with E-state index in [9.17, 15) is 4.79 Å². The maximum Gasteiger partial charge on any atom is 0.259 e. The number of furan rings is 1. The van der Waals surface area contributed by atoms with Gasteiger partial charge in [-0.3, -0.25) is 4.79 Å². The third-order valence-electron chi connectivity index (χ3n) is 3.28. The monoisotopic (exact) mass is 241 g/mol. The number of amides is 1. The topological polar surface area (TPSA) is 33.5 Å². The van der Waals surface area contributed by atoms with Crippen molar-refractivity contribution in [3.8, 4) is 0 Å². The highest BCUT2D eigenvalue weighted by Gasteiger charge is 2.31. The molecule has 1 amide bonds. The third-order valence-corrected chi connectivity index (χ3v) is 3.57. The fourth-order valence-electron chi connectivity index (χ4n) is 2.41. The highest BCUT2D eigenvalue weighted by Crippen LogP contribution is 2.27. The highest BCUT2D eigenvalue weighted by atomic mass is 35.5. The van der Waals surface area contributed by atoms with Crippen molar-refractivity contribution in [3.63, 3.8) is 0 Å². The van der Waals surface area contributed by atoms with Crippen molar-refractivity contribution in [2.75, 3.05) is 0 Å². The van der Waals surface area contributed by atoms with Crippen molar-refractivity contribution in [1.29, 1.82) is 0 Å². The first-order chi connectivity index (χ1) is 7.61. The van der Waals surface area contributed by atoms with E-state index in [0.717, 1.165) is 12.8 Å². The quantitative estimate of drug-likeness (QED) is 0.756. The molecule has 2 heterocycles. The molecule has 16 heavy (non-hydrogen) atoms. The van der Waals surface area contributed by atoms with E-state index >= 15 is 0 Å². The van der Waals surface area contributed by atoms with Crippen molar-refractivity contribution in [2.24, 2.45) is 0 Å². The summed E-state index contributed by atoms with van der Waals surface area (Å²) in [5, 5.41) is 0.190. The van der Waals surface area contributed by atoms with Gasteiger partial charge in [0.25, 0.3) is 5.91 Å². The van der Waals surface area contributed by atoms with Gasteiger partial charge in [0.05, 0.1) is 11.8 Å². The molecular formula is C12H16ClNO2. The van der Waals surface area contributed by atoms with Crippen LogP contribution < -0.4 is 0 Å². The number of hydrogen-bond acceptors (Lipinski definition) is 2. The van der Waals surface area contributed by atoms with Crippen molar-refractivity contribution < 1.29 is 9.21 Å². The van der Waals surface area contributed by atoms with Crippen LogP contribution in [0.2, 0.25) is 5.22 Å². The number of nitrogens with zero attached hydrogens (tertiary/aromatic N) is 1. The van der Waals surface area contributed by atoms with Crippen molar-refractivity contribution in [2.45, 2.75) is 45.2 Å². The molecule has 1 saturated heterocycles. The van der Waals surface area contributed by atoms with Crippen molar-refractivity contribution >= 4 is 17.5 Å². The first-order valence-electron chi connectivity index (χ1n) is 5.67. The SMILES string of the molecule is C[C@@H]1CCC[C@H](C)N1C(=O)c1ccoc1Cl. The Hall–Kier alpha value is -0.960. The summed E-state index contributed by atoms with van der Waals surface area (Å²) in [6.45, 7) is 4.17. The molecule has 1 aliphatic heterocycles. The lowest BCUT2D eigenvalue weighted by Gasteiger charge is -2.38. The van der Waals surface area contributed by atoms with Crippen LogP contribution in [0.3, 0.4) is 0 Å². The smallest absolute Gasteiger partial charge is 0.259 e. The molecule has 0 spiro atoms. The molecule has 0 radical (unpaired) electrons. The molecule has 0 N–H and O–H groups in total. The molecule has 1 fully saturated rings. The third kappa shape index (κ3) is 1.96. The second-order valence-electron chi connectivity index (χ2n) is 4.45. The summed E-state index contributed by atoms with van der Waals surface area (Å²) < 4.78 is 4.96. The van der Waals surface area contributed by atoms with Gasteiger partial charge in [-0.1, -0.05) is 0 Å². The Morgan fingerprint density at radius 1 is 1.44 bits per heavy atom. The van der Waals surface area contributed by atoms with E-state index in [2.05, 4.69) is 13.8 Å². The molecular weight excluding hydrogens is 226 g/mol. The van der Waals surface area contributed by atoms with Gasteiger partial charge in [0.15, 0.2) is 0 Å². The van der Waals surface area contributed by atoms with Gasteiger partial charge in [-0.2, -0.15) is 0 Å². The number of piperidine rings is 1. The van der Waals surface area contributed by atoms with Crippen LogP contribution in [0.4, 0.5) is 0 Å². The number of carbonyl (C=O) groups excluding carboxylic acids is 1. The standard InChI is InChI=1S/C12H16ClNO2/c1-8-4-3-5-9(2)14(8)12(15)10-6-7-16-11(10)13/h6-9H,3-5H2,1-2H3/t8-,9+. The van der Waals surface area contributed by atoms with Gasteiger partial charge in [0.1, 0.15) is 0 Å². The van der Waals surface area contributed by atoms with Crippen LogP contribution in [-0.4, -0.2) is 22.9 Å². The molecule has 0 aromatic carbocycles.